The van der Waals surface area contributed by atoms with Crippen molar-refractivity contribution in [1.29, 1.82) is 0 Å². The third kappa shape index (κ3) is 6.64. The monoisotopic (exact) mass is 702 g/mol. The number of aliphatic hydroxyl groups excluding tert-OH is 1. The standard InChI is InChI=1S/C34H47BrN4O7/c1-4-13-37(17-16-36-18-21-44-22-19-36)33(43)30-34-23-26(35)29(46-34)27(28(34)32(42)39(30)15-7-8-20-40)31(41)38(14-5-2)24-9-11-25(12-10-24)45-6-3/h4-5,9-12,26-30,40H,1-2,6-8,13-23H2,3H3/t26?,27-,28-,29-,30?,34?/m0/s1. The van der Waals surface area contributed by atoms with Crippen molar-refractivity contribution in [2.24, 2.45) is 11.8 Å². The van der Waals surface area contributed by atoms with Gasteiger partial charge in [-0.2, -0.15) is 0 Å². The van der Waals surface area contributed by atoms with Gasteiger partial charge in [0.2, 0.25) is 17.7 Å². The summed E-state index contributed by atoms with van der Waals surface area (Å²) < 4.78 is 17.8. The van der Waals surface area contributed by atoms with Crippen LogP contribution in [0.2, 0.25) is 0 Å². The summed E-state index contributed by atoms with van der Waals surface area (Å²) in [6.07, 6.45) is 4.24. The number of carbonyl (C=O) groups is 3. The minimum Gasteiger partial charge on any atom is -0.494 e. The van der Waals surface area contributed by atoms with Crippen LogP contribution in [-0.2, 0) is 23.9 Å². The van der Waals surface area contributed by atoms with Crippen molar-refractivity contribution >= 4 is 39.3 Å². The largest absolute Gasteiger partial charge is 0.494 e. The molecule has 1 spiro atoms. The molecule has 4 aliphatic rings. The Morgan fingerprint density at radius 2 is 1.83 bits per heavy atom. The molecule has 2 bridgehead atoms. The predicted octanol–water partition coefficient (Wildman–Crippen LogP) is 2.47. The molecule has 5 rings (SSSR count). The summed E-state index contributed by atoms with van der Waals surface area (Å²) in [6.45, 7) is 15.1. The van der Waals surface area contributed by atoms with Gasteiger partial charge < -0.3 is 34.0 Å². The zero-order valence-corrected chi connectivity index (χ0v) is 28.3. The van der Waals surface area contributed by atoms with Gasteiger partial charge in [-0.1, -0.05) is 28.1 Å². The number of hydrogen-bond acceptors (Lipinski definition) is 8. The average molecular weight is 704 g/mol. The number of fused-ring (bicyclic) bond motifs is 1. The van der Waals surface area contributed by atoms with Crippen LogP contribution in [-0.4, -0.2) is 132 Å². The van der Waals surface area contributed by atoms with E-state index < -0.39 is 29.6 Å². The van der Waals surface area contributed by atoms with Gasteiger partial charge in [-0.25, -0.2) is 0 Å². The minimum atomic E-state index is -1.16. The fourth-order valence-corrected chi connectivity index (χ4v) is 8.50. The maximum atomic E-state index is 14.6. The third-order valence-corrected chi connectivity index (χ3v) is 10.4. The van der Waals surface area contributed by atoms with Crippen molar-refractivity contribution in [2.75, 3.05) is 77.1 Å². The predicted molar refractivity (Wildman–Crippen MR) is 178 cm³/mol. The summed E-state index contributed by atoms with van der Waals surface area (Å²) in [5.41, 5.74) is -0.502. The summed E-state index contributed by atoms with van der Waals surface area (Å²) >= 11 is 3.78. The highest BCUT2D eigenvalue weighted by Gasteiger charge is 2.76. The number of benzene rings is 1. The van der Waals surface area contributed by atoms with Crippen LogP contribution in [0.25, 0.3) is 0 Å². The molecule has 3 unspecified atom stereocenters. The Hall–Kier alpha value is -2.77. The van der Waals surface area contributed by atoms with Crippen LogP contribution in [0.15, 0.2) is 49.6 Å². The molecule has 0 aromatic heterocycles. The first-order valence-corrected chi connectivity index (χ1v) is 17.3. The number of likely N-dealkylation sites (tertiary alicyclic amines) is 1. The van der Waals surface area contributed by atoms with Crippen molar-refractivity contribution in [3.63, 3.8) is 0 Å². The van der Waals surface area contributed by atoms with E-state index in [1.165, 1.54) is 0 Å². The Labute approximate surface area is 280 Å². The molecule has 46 heavy (non-hydrogen) atoms. The topological polar surface area (TPSA) is 112 Å². The van der Waals surface area contributed by atoms with Gasteiger partial charge in [0.25, 0.3) is 0 Å². The molecule has 0 saturated carbocycles. The lowest BCUT2D eigenvalue weighted by Crippen LogP contribution is -2.58. The van der Waals surface area contributed by atoms with E-state index in [2.05, 4.69) is 34.0 Å². The molecule has 11 nitrogen and oxygen atoms in total. The van der Waals surface area contributed by atoms with Crippen molar-refractivity contribution in [3.05, 3.63) is 49.6 Å². The van der Waals surface area contributed by atoms with Gasteiger partial charge in [0.1, 0.15) is 17.4 Å². The van der Waals surface area contributed by atoms with Crippen LogP contribution < -0.4 is 9.64 Å². The van der Waals surface area contributed by atoms with E-state index in [0.29, 0.717) is 70.2 Å². The van der Waals surface area contributed by atoms with E-state index in [1.807, 2.05) is 31.2 Å². The van der Waals surface area contributed by atoms with Gasteiger partial charge in [-0.05, 0) is 50.5 Å². The molecule has 4 heterocycles. The molecule has 0 aliphatic carbocycles. The number of carbonyl (C=O) groups excluding carboxylic acids is 3. The van der Waals surface area contributed by atoms with E-state index in [0.717, 1.165) is 13.1 Å². The van der Waals surface area contributed by atoms with Gasteiger partial charge in [0, 0.05) is 62.9 Å². The smallest absolute Gasteiger partial charge is 0.248 e. The number of amides is 3. The molecule has 3 amide bonds. The molecule has 252 valence electrons. The number of unbranched alkanes of at least 4 members (excludes halogenated alkanes) is 1. The number of morpholine rings is 1. The lowest BCUT2D eigenvalue weighted by molar-refractivity contribution is -0.148. The maximum Gasteiger partial charge on any atom is 0.248 e. The molecule has 0 radical (unpaired) electrons. The highest BCUT2D eigenvalue weighted by atomic mass is 79.9. The maximum absolute atomic E-state index is 14.6. The van der Waals surface area contributed by atoms with Crippen LogP contribution in [0.3, 0.4) is 0 Å². The number of nitrogens with zero attached hydrogens (tertiary/aromatic N) is 4. The molecule has 6 atom stereocenters. The zero-order chi connectivity index (χ0) is 32.8. The fourth-order valence-electron chi connectivity index (χ4n) is 7.55. The van der Waals surface area contributed by atoms with Gasteiger partial charge in [-0.15, -0.1) is 13.2 Å². The number of hydrogen-bond donors (Lipinski definition) is 1. The number of aliphatic hydroxyl groups is 1. The summed E-state index contributed by atoms with van der Waals surface area (Å²) in [5.74, 6) is -1.59. The Kier molecular flexibility index (Phi) is 11.6. The first-order chi connectivity index (χ1) is 22.3. The van der Waals surface area contributed by atoms with Crippen LogP contribution in [0.4, 0.5) is 5.69 Å². The molecule has 1 aromatic rings. The lowest BCUT2D eigenvalue weighted by Gasteiger charge is -2.38. The Morgan fingerprint density at radius 1 is 1.11 bits per heavy atom. The van der Waals surface area contributed by atoms with Crippen molar-refractivity contribution in [3.8, 4) is 5.75 Å². The second kappa shape index (κ2) is 15.4. The van der Waals surface area contributed by atoms with Crippen LogP contribution >= 0.6 is 15.9 Å². The van der Waals surface area contributed by atoms with Crippen LogP contribution in [0.5, 0.6) is 5.75 Å². The first kappa shape index (κ1) is 34.6. The Bertz CT molecular complexity index is 1260. The SMILES string of the molecule is C=CCN(CCN1CCOCC1)C(=O)C1N(CCCCO)C(=O)[C@@H]2[C@H](C(=O)N(CC=C)c3ccc(OCC)cc3)[C@H]3OC12CC3Br. The minimum absolute atomic E-state index is 0.0148. The van der Waals surface area contributed by atoms with Crippen molar-refractivity contribution in [2.45, 2.75) is 48.8 Å². The molecular formula is C34H47BrN4O7. The summed E-state index contributed by atoms with van der Waals surface area (Å²) in [7, 11) is 0. The summed E-state index contributed by atoms with van der Waals surface area (Å²) in [6, 6.07) is 6.39. The summed E-state index contributed by atoms with van der Waals surface area (Å²) in [5, 5.41) is 9.51. The van der Waals surface area contributed by atoms with Crippen molar-refractivity contribution in [1.82, 2.24) is 14.7 Å². The first-order valence-electron chi connectivity index (χ1n) is 16.4. The molecule has 12 heteroatoms. The Morgan fingerprint density at radius 3 is 2.48 bits per heavy atom. The van der Waals surface area contributed by atoms with Gasteiger partial charge in [-0.3, -0.25) is 19.3 Å². The van der Waals surface area contributed by atoms with Crippen LogP contribution in [0, 0.1) is 11.8 Å². The number of halogens is 1. The normalized spacial score (nSPS) is 28.6. The van der Waals surface area contributed by atoms with Crippen molar-refractivity contribution < 1.29 is 33.7 Å². The number of alkyl halides is 1. The molecule has 4 aliphatic heterocycles. The summed E-state index contributed by atoms with van der Waals surface area (Å²) in [4.78, 5) is 50.7. The second-order valence-corrected chi connectivity index (χ2v) is 13.5. The lowest BCUT2D eigenvalue weighted by atomic mass is 9.70. The van der Waals surface area contributed by atoms with E-state index in [1.54, 1.807) is 26.9 Å². The third-order valence-electron chi connectivity index (χ3n) is 9.60. The van der Waals surface area contributed by atoms with E-state index in [4.69, 9.17) is 14.2 Å². The van der Waals surface area contributed by atoms with Gasteiger partial charge >= 0.3 is 0 Å². The molecule has 4 fully saturated rings. The second-order valence-electron chi connectivity index (χ2n) is 12.3. The average Bonchev–Trinajstić information content (AvgIpc) is 3.65. The number of ether oxygens (including phenoxy) is 3. The van der Waals surface area contributed by atoms with E-state index in [-0.39, 0.29) is 42.2 Å². The Balaban J connectivity index is 1.47. The number of anilines is 1. The van der Waals surface area contributed by atoms with E-state index in [9.17, 15) is 19.5 Å². The molecule has 1 aromatic carbocycles. The molecular weight excluding hydrogens is 656 g/mol. The molecule has 1 N–H and O–H groups in total. The van der Waals surface area contributed by atoms with Gasteiger partial charge in [0.05, 0.1) is 37.8 Å². The number of rotatable bonds is 16. The highest BCUT2D eigenvalue weighted by Crippen LogP contribution is 2.60. The quantitative estimate of drug-likeness (QED) is 0.159. The fraction of sp³-hybridized carbons (Fsp3) is 0.618. The van der Waals surface area contributed by atoms with E-state index >= 15 is 0 Å². The zero-order valence-electron chi connectivity index (χ0n) is 26.7. The van der Waals surface area contributed by atoms with Gasteiger partial charge in [0.15, 0.2) is 0 Å². The van der Waals surface area contributed by atoms with Crippen LogP contribution in [0.1, 0.15) is 26.2 Å². The highest BCUT2D eigenvalue weighted by molar-refractivity contribution is 9.09. The molecule has 4 saturated heterocycles.